The lowest BCUT2D eigenvalue weighted by Gasteiger charge is -2.13. The summed E-state index contributed by atoms with van der Waals surface area (Å²) in [7, 11) is 1.35. The number of nitrogens with zero attached hydrogens (tertiary/aromatic N) is 1. The Balaban J connectivity index is 1.75. The van der Waals surface area contributed by atoms with Crippen LogP contribution in [-0.2, 0) is 22.6 Å². The normalized spacial score (nSPS) is 11.7. The topological polar surface area (TPSA) is 102 Å². The van der Waals surface area contributed by atoms with Gasteiger partial charge in [0.25, 0.3) is 0 Å². The fourth-order valence-electron chi connectivity index (χ4n) is 3.38. The number of carbonyl (C=O) groups excluding carboxylic acids is 1. The standard InChI is InChI=1S/C24H26N2O5/c1-4-5-21-25-13-20(26-21)22(23(27)28)16-8-10-18(11-9-16)31-14-17-7-6-15(2)12-19(17)24(29)30-3/h6-13,22H,4-5,14H2,1-3H3,(H,25,26)(H,27,28). The van der Waals surface area contributed by atoms with E-state index in [1.165, 1.54) is 7.11 Å². The van der Waals surface area contributed by atoms with Crippen molar-refractivity contribution in [1.29, 1.82) is 0 Å². The van der Waals surface area contributed by atoms with Crippen molar-refractivity contribution < 1.29 is 24.2 Å². The maximum absolute atomic E-state index is 12.0. The summed E-state index contributed by atoms with van der Waals surface area (Å²) in [5.41, 5.74) is 3.30. The first-order valence-electron chi connectivity index (χ1n) is 10.1. The largest absolute Gasteiger partial charge is 0.489 e. The van der Waals surface area contributed by atoms with E-state index in [-0.39, 0.29) is 6.61 Å². The second-order valence-electron chi connectivity index (χ2n) is 7.32. The number of hydrogen-bond acceptors (Lipinski definition) is 5. The first kappa shape index (κ1) is 22.1. The molecule has 162 valence electrons. The smallest absolute Gasteiger partial charge is 0.338 e. The Morgan fingerprint density at radius 2 is 1.90 bits per heavy atom. The van der Waals surface area contributed by atoms with Gasteiger partial charge in [-0.15, -0.1) is 0 Å². The highest BCUT2D eigenvalue weighted by Gasteiger charge is 2.24. The molecule has 1 heterocycles. The molecule has 3 rings (SSSR count). The van der Waals surface area contributed by atoms with Crippen molar-refractivity contribution in [3.8, 4) is 5.75 Å². The average Bonchev–Trinajstić information content (AvgIpc) is 3.21. The molecule has 2 aromatic carbocycles. The van der Waals surface area contributed by atoms with Crippen LogP contribution in [0.3, 0.4) is 0 Å². The molecule has 1 unspecified atom stereocenters. The van der Waals surface area contributed by atoms with Crippen LogP contribution in [0, 0.1) is 6.92 Å². The Labute approximate surface area is 181 Å². The maximum Gasteiger partial charge on any atom is 0.338 e. The minimum Gasteiger partial charge on any atom is -0.489 e. The maximum atomic E-state index is 12.0. The Bertz CT molecular complexity index is 1060. The van der Waals surface area contributed by atoms with Crippen LogP contribution in [0.1, 0.15) is 57.8 Å². The number of aryl methyl sites for hydroxylation is 2. The molecule has 0 bridgehead atoms. The van der Waals surface area contributed by atoms with Crippen LogP contribution >= 0.6 is 0 Å². The molecule has 0 saturated heterocycles. The number of aromatic amines is 1. The lowest BCUT2D eigenvalue weighted by Crippen LogP contribution is -2.13. The quantitative estimate of drug-likeness (QED) is 0.500. The summed E-state index contributed by atoms with van der Waals surface area (Å²) in [6.45, 7) is 4.13. The molecule has 0 radical (unpaired) electrons. The average molecular weight is 422 g/mol. The second kappa shape index (κ2) is 9.93. The summed E-state index contributed by atoms with van der Waals surface area (Å²) >= 11 is 0. The van der Waals surface area contributed by atoms with Gasteiger partial charge in [0.15, 0.2) is 0 Å². The lowest BCUT2D eigenvalue weighted by atomic mass is 9.96. The number of carbonyl (C=O) groups is 2. The van der Waals surface area contributed by atoms with Gasteiger partial charge >= 0.3 is 11.9 Å². The van der Waals surface area contributed by atoms with Crippen molar-refractivity contribution in [2.24, 2.45) is 0 Å². The minimum absolute atomic E-state index is 0.188. The van der Waals surface area contributed by atoms with E-state index in [9.17, 15) is 14.7 Å². The minimum atomic E-state index is -0.956. The number of nitrogens with one attached hydrogen (secondary N) is 1. The Morgan fingerprint density at radius 3 is 2.55 bits per heavy atom. The molecule has 0 saturated carbocycles. The fourth-order valence-corrected chi connectivity index (χ4v) is 3.38. The zero-order valence-corrected chi connectivity index (χ0v) is 17.8. The summed E-state index contributed by atoms with van der Waals surface area (Å²) in [5.74, 6) is -0.856. The summed E-state index contributed by atoms with van der Waals surface area (Å²) in [4.78, 5) is 31.3. The summed E-state index contributed by atoms with van der Waals surface area (Å²) < 4.78 is 10.7. The van der Waals surface area contributed by atoms with Crippen LogP contribution in [0.5, 0.6) is 5.75 Å². The molecule has 3 aromatic rings. The van der Waals surface area contributed by atoms with Gasteiger partial charge in [-0.05, 0) is 37.1 Å². The number of methoxy groups -OCH3 is 1. The number of imidazole rings is 1. The lowest BCUT2D eigenvalue weighted by molar-refractivity contribution is -0.137. The van der Waals surface area contributed by atoms with Crippen LogP contribution in [0.4, 0.5) is 0 Å². The molecule has 31 heavy (non-hydrogen) atoms. The van der Waals surface area contributed by atoms with Crippen molar-refractivity contribution in [3.05, 3.63) is 82.4 Å². The van der Waals surface area contributed by atoms with Crippen molar-refractivity contribution in [2.75, 3.05) is 7.11 Å². The van der Waals surface area contributed by atoms with E-state index in [0.717, 1.165) is 24.2 Å². The first-order valence-corrected chi connectivity index (χ1v) is 10.1. The van der Waals surface area contributed by atoms with E-state index in [1.807, 2.05) is 26.0 Å². The first-order chi connectivity index (χ1) is 14.9. The molecular weight excluding hydrogens is 396 g/mol. The third kappa shape index (κ3) is 5.31. The summed E-state index contributed by atoms with van der Waals surface area (Å²) in [6.07, 6.45) is 3.28. The number of hydrogen-bond donors (Lipinski definition) is 2. The highest BCUT2D eigenvalue weighted by atomic mass is 16.5. The number of aliphatic carboxylic acids is 1. The molecule has 1 aromatic heterocycles. The van der Waals surface area contributed by atoms with Crippen LogP contribution < -0.4 is 4.74 Å². The van der Waals surface area contributed by atoms with E-state index in [1.54, 1.807) is 36.5 Å². The molecule has 7 nitrogen and oxygen atoms in total. The van der Waals surface area contributed by atoms with Crippen LogP contribution in [-0.4, -0.2) is 34.1 Å². The molecule has 0 aliphatic rings. The number of benzene rings is 2. The van der Waals surface area contributed by atoms with Gasteiger partial charge in [0.05, 0.1) is 18.4 Å². The summed E-state index contributed by atoms with van der Waals surface area (Å²) in [6, 6.07) is 12.4. The van der Waals surface area contributed by atoms with Gasteiger partial charge in [0.2, 0.25) is 0 Å². The fraction of sp³-hybridized carbons (Fsp3) is 0.292. The molecular formula is C24H26N2O5. The Hall–Kier alpha value is -3.61. The SMILES string of the molecule is CCCc1ncc(C(C(=O)O)c2ccc(OCc3ccc(C)cc3C(=O)OC)cc2)[nH]1. The number of H-pyrrole nitrogens is 1. The Morgan fingerprint density at radius 1 is 1.16 bits per heavy atom. The van der Waals surface area contributed by atoms with E-state index < -0.39 is 17.9 Å². The number of esters is 1. The predicted octanol–water partition coefficient (Wildman–Crippen LogP) is 4.25. The van der Waals surface area contributed by atoms with E-state index in [0.29, 0.717) is 28.1 Å². The second-order valence-corrected chi connectivity index (χ2v) is 7.32. The number of ether oxygens (including phenoxy) is 2. The molecule has 0 fully saturated rings. The van der Waals surface area contributed by atoms with E-state index in [4.69, 9.17) is 9.47 Å². The summed E-state index contributed by atoms with van der Waals surface area (Å²) in [5, 5.41) is 9.75. The van der Waals surface area contributed by atoms with Gasteiger partial charge in [-0.3, -0.25) is 4.79 Å². The molecule has 2 N–H and O–H groups in total. The van der Waals surface area contributed by atoms with E-state index in [2.05, 4.69) is 9.97 Å². The van der Waals surface area contributed by atoms with Crippen molar-refractivity contribution >= 4 is 11.9 Å². The number of aromatic nitrogens is 2. The zero-order chi connectivity index (χ0) is 22.4. The third-order valence-corrected chi connectivity index (χ3v) is 4.97. The molecule has 0 spiro atoms. The highest BCUT2D eigenvalue weighted by Crippen LogP contribution is 2.26. The third-order valence-electron chi connectivity index (χ3n) is 4.97. The van der Waals surface area contributed by atoms with Crippen molar-refractivity contribution in [3.63, 3.8) is 0 Å². The molecule has 0 amide bonds. The number of rotatable bonds is 9. The molecule has 7 heteroatoms. The van der Waals surface area contributed by atoms with Crippen molar-refractivity contribution in [1.82, 2.24) is 9.97 Å². The van der Waals surface area contributed by atoms with Crippen LogP contribution in [0.15, 0.2) is 48.7 Å². The van der Waals surface area contributed by atoms with Gasteiger partial charge in [0, 0.05) is 18.2 Å². The molecule has 0 aliphatic heterocycles. The van der Waals surface area contributed by atoms with Gasteiger partial charge in [-0.25, -0.2) is 9.78 Å². The van der Waals surface area contributed by atoms with Crippen molar-refractivity contribution in [2.45, 2.75) is 39.2 Å². The highest BCUT2D eigenvalue weighted by molar-refractivity contribution is 5.91. The van der Waals surface area contributed by atoms with Gasteiger partial charge < -0.3 is 19.6 Å². The Kier molecular flexibility index (Phi) is 7.07. The van der Waals surface area contributed by atoms with Gasteiger partial charge in [0.1, 0.15) is 24.1 Å². The molecule has 0 aliphatic carbocycles. The van der Waals surface area contributed by atoms with Gasteiger partial charge in [-0.2, -0.15) is 0 Å². The number of carboxylic acids is 1. The van der Waals surface area contributed by atoms with Crippen LogP contribution in [0.25, 0.3) is 0 Å². The molecule has 1 atom stereocenters. The zero-order valence-electron chi connectivity index (χ0n) is 17.8. The van der Waals surface area contributed by atoms with E-state index >= 15 is 0 Å². The van der Waals surface area contributed by atoms with Gasteiger partial charge in [-0.1, -0.05) is 36.8 Å². The predicted molar refractivity (Wildman–Crippen MR) is 115 cm³/mol. The van der Waals surface area contributed by atoms with Crippen LogP contribution in [0.2, 0.25) is 0 Å². The number of carboxylic acid groups (broad SMARTS) is 1. The monoisotopic (exact) mass is 422 g/mol.